The number of piperidine rings is 1. The van der Waals surface area contributed by atoms with E-state index in [-0.39, 0.29) is 0 Å². The molecule has 1 saturated heterocycles. The zero-order valence-corrected chi connectivity index (χ0v) is 9.27. The van der Waals surface area contributed by atoms with E-state index in [1.54, 1.807) is 0 Å². The first-order chi connectivity index (χ1) is 6.20. The quantitative estimate of drug-likeness (QED) is 0.694. The van der Waals surface area contributed by atoms with Gasteiger partial charge in [-0.2, -0.15) is 0 Å². The first-order valence-electron chi connectivity index (χ1n) is 5.64. The number of hydrogen-bond acceptors (Lipinski definition) is 2. The van der Waals surface area contributed by atoms with E-state index in [1.165, 1.54) is 32.5 Å². The van der Waals surface area contributed by atoms with E-state index in [0.29, 0.717) is 0 Å². The molecule has 2 heteroatoms. The summed E-state index contributed by atoms with van der Waals surface area (Å²) in [5.41, 5.74) is 0. The highest BCUT2D eigenvalue weighted by molar-refractivity contribution is 4.75. The molecule has 0 radical (unpaired) electrons. The van der Waals surface area contributed by atoms with Gasteiger partial charge in [0.15, 0.2) is 0 Å². The van der Waals surface area contributed by atoms with Crippen LogP contribution >= 0.6 is 0 Å². The van der Waals surface area contributed by atoms with Gasteiger partial charge < -0.3 is 10.6 Å². The first-order valence-corrected chi connectivity index (χ1v) is 5.64. The molecular weight excluding hydrogens is 160 g/mol. The summed E-state index contributed by atoms with van der Waals surface area (Å²) in [7, 11) is 0. The molecule has 1 unspecified atom stereocenters. The monoisotopic (exact) mass is 184 g/mol. The zero-order chi connectivity index (χ0) is 9.68. The Hall–Kier alpha value is -0.0800. The Morgan fingerprint density at radius 1 is 1.23 bits per heavy atom. The van der Waals surface area contributed by atoms with Crippen LogP contribution in [0.5, 0.6) is 0 Å². The molecule has 0 saturated carbocycles. The Morgan fingerprint density at radius 3 is 2.38 bits per heavy atom. The summed E-state index contributed by atoms with van der Waals surface area (Å²) in [6, 6.07) is 0.766. The van der Waals surface area contributed by atoms with Gasteiger partial charge in [-0.3, -0.25) is 0 Å². The van der Waals surface area contributed by atoms with Crippen molar-refractivity contribution in [2.75, 3.05) is 19.6 Å². The summed E-state index contributed by atoms with van der Waals surface area (Å²) in [6.07, 6.45) is 2.59. The molecule has 0 aromatic rings. The Morgan fingerprint density at radius 2 is 1.85 bits per heavy atom. The van der Waals surface area contributed by atoms with Crippen LogP contribution in [0.15, 0.2) is 0 Å². The fraction of sp³-hybridized carbons (Fsp3) is 1.00. The molecule has 1 atom stereocenters. The van der Waals surface area contributed by atoms with Gasteiger partial charge in [0.2, 0.25) is 0 Å². The molecule has 0 amide bonds. The highest BCUT2D eigenvalue weighted by Crippen LogP contribution is 2.09. The summed E-state index contributed by atoms with van der Waals surface area (Å²) in [5.74, 6) is 1.60. The van der Waals surface area contributed by atoms with E-state index >= 15 is 0 Å². The van der Waals surface area contributed by atoms with Crippen LogP contribution in [0.25, 0.3) is 0 Å². The van der Waals surface area contributed by atoms with Crippen LogP contribution in [0.4, 0.5) is 0 Å². The van der Waals surface area contributed by atoms with Crippen LogP contribution < -0.4 is 10.6 Å². The maximum Gasteiger partial charge on any atom is 0.00913 e. The SMILES string of the molecule is CC(C)C(C)CNC1CCNCC1. The second-order valence-corrected chi connectivity index (χ2v) is 4.65. The predicted molar refractivity (Wildman–Crippen MR) is 57.9 cm³/mol. The van der Waals surface area contributed by atoms with Crippen molar-refractivity contribution in [3.63, 3.8) is 0 Å². The van der Waals surface area contributed by atoms with Gasteiger partial charge in [0.25, 0.3) is 0 Å². The molecule has 0 aromatic heterocycles. The van der Waals surface area contributed by atoms with E-state index in [9.17, 15) is 0 Å². The minimum absolute atomic E-state index is 0.766. The summed E-state index contributed by atoms with van der Waals surface area (Å²) in [5, 5.41) is 7.05. The lowest BCUT2D eigenvalue weighted by Crippen LogP contribution is -2.41. The fourth-order valence-electron chi connectivity index (χ4n) is 1.61. The van der Waals surface area contributed by atoms with E-state index in [2.05, 4.69) is 31.4 Å². The summed E-state index contributed by atoms with van der Waals surface area (Å²) in [4.78, 5) is 0. The third kappa shape index (κ3) is 4.10. The molecule has 2 nitrogen and oxygen atoms in total. The van der Waals surface area contributed by atoms with Gasteiger partial charge in [0.1, 0.15) is 0 Å². The molecule has 78 valence electrons. The van der Waals surface area contributed by atoms with Crippen LogP contribution in [0.1, 0.15) is 33.6 Å². The molecule has 0 bridgehead atoms. The molecule has 0 spiro atoms. The number of rotatable bonds is 4. The van der Waals surface area contributed by atoms with Gasteiger partial charge in [-0.25, -0.2) is 0 Å². The van der Waals surface area contributed by atoms with Crippen molar-refractivity contribution in [3.8, 4) is 0 Å². The average molecular weight is 184 g/mol. The Labute approximate surface area is 82.5 Å². The normalized spacial score (nSPS) is 22.2. The largest absolute Gasteiger partial charge is 0.317 e. The minimum Gasteiger partial charge on any atom is -0.317 e. The van der Waals surface area contributed by atoms with Crippen molar-refractivity contribution < 1.29 is 0 Å². The van der Waals surface area contributed by atoms with Crippen LogP contribution in [0.3, 0.4) is 0 Å². The van der Waals surface area contributed by atoms with Gasteiger partial charge in [-0.15, -0.1) is 0 Å². The lowest BCUT2D eigenvalue weighted by Gasteiger charge is -2.26. The standard InChI is InChI=1S/C11H24N2/c1-9(2)10(3)8-13-11-4-6-12-7-5-11/h9-13H,4-8H2,1-3H3. The maximum absolute atomic E-state index is 3.66. The van der Waals surface area contributed by atoms with Crippen molar-refractivity contribution in [2.24, 2.45) is 11.8 Å². The first kappa shape index (κ1) is 11.0. The molecule has 13 heavy (non-hydrogen) atoms. The second kappa shape index (κ2) is 5.61. The highest BCUT2D eigenvalue weighted by atomic mass is 15.0. The summed E-state index contributed by atoms with van der Waals surface area (Å²) >= 11 is 0. The Bertz CT molecular complexity index is 128. The molecular formula is C11H24N2. The number of hydrogen-bond donors (Lipinski definition) is 2. The Kier molecular flexibility index (Phi) is 4.74. The average Bonchev–Trinajstić information content (AvgIpc) is 2.15. The van der Waals surface area contributed by atoms with Gasteiger partial charge in [0, 0.05) is 6.04 Å². The minimum atomic E-state index is 0.766. The van der Waals surface area contributed by atoms with Gasteiger partial charge in [-0.05, 0) is 44.3 Å². The maximum atomic E-state index is 3.66. The van der Waals surface area contributed by atoms with E-state index in [1.807, 2.05) is 0 Å². The predicted octanol–water partition coefficient (Wildman–Crippen LogP) is 1.62. The molecule has 1 aliphatic rings. The third-order valence-corrected chi connectivity index (χ3v) is 3.21. The number of nitrogens with one attached hydrogen (secondary N) is 2. The van der Waals surface area contributed by atoms with Gasteiger partial charge in [0.05, 0.1) is 0 Å². The van der Waals surface area contributed by atoms with Gasteiger partial charge >= 0.3 is 0 Å². The molecule has 1 aliphatic heterocycles. The molecule has 0 aromatic carbocycles. The van der Waals surface area contributed by atoms with Crippen molar-refractivity contribution in [1.82, 2.24) is 10.6 Å². The zero-order valence-electron chi connectivity index (χ0n) is 9.27. The molecule has 1 heterocycles. The van der Waals surface area contributed by atoms with Crippen molar-refractivity contribution in [1.29, 1.82) is 0 Å². The van der Waals surface area contributed by atoms with E-state index in [0.717, 1.165) is 17.9 Å². The summed E-state index contributed by atoms with van der Waals surface area (Å²) in [6.45, 7) is 10.5. The van der Waals surface area contributed by atoms with Crippen molar-refractivity contribution >= 4 is 0 Å². The second-order valence-electron chi connectivity index (χ2n) is 4.65. The Balaban J connectivity index is 2.10. The third-order valence-electron chi connectivity index (χ3n) is 3.21. The lowest BCUT2D eigenvalue weighted by atomic mass is 9.97. The van der Waals surface area contributed by atoms with Crippen LogP contribution in [0, 0.1) is 11.8 Å². The molecule has 1 fully saturated rings. The van der Waals surface area contributed by atoms with E-state index < -0.39 is 0 Å². The summed E-state index contributed by atoms with van der Waals surface area (Å²) < 4.78 is 0. The molecule has 0 aliphatic carbocycles. The fourth-order valence-corrected chi connectivity index (χ4v) is 1.61. The highest BCUT2D eigenvalue weighted by Gasteiger charge is 2.14. The topological polar surface area (TPSA) is 24.1 Å². The van der Waals surface area contributed by atoms with Crippen molar-refractivity contribution in [2.45, 2.75) is 39.7 Å². The van der Waals surface area contributed by atoms with Gasteiger partial charge in [-0.1, -0.05) is 20.8 Å². The van der Waals surface area contributed by atoms with Crippen LogP contribution in [-0.2, 0) is 0 Å². The van der Waals surface area contributed by atoms with Crippen LogP contribution in [0.2, 0.25) is 0 Å². The molecule has 2 N–H and O–H groups in total. The van der Waals surface area contributed by atoms with Crippen LogP contribution in [-0.4, -0.2) is 25.7 Å². The lowest BCUT2D eigenvalue weighted by molar-refractivity contribution is 0.329. The molecule has 1 rings (SSSR count). The smallest absolute Gasteiger partial charge is 0.00913 e. The van der Waals surface area contributed by atoms with E-state index in [4.69, 9.17) is 0 Å². The van der Waals surface area contributed by atoms with Crippen molar-refractivity contribution in [3.05, 3.63) is 0 Å².